The van der Waals surface area contributed by atoms with Gasteiger partial charge in [-0.15, -0.1) is 0 Å². The molecule has 0 unspecified atom stereocenters. The maximum Gasteiger partial charge on any atom is 0.0571 e. The van der Waals surface area contributed by atoms with Crippen molar-refractivity contribution >= 4 is 66.7 Å². The quantitative estimate of drug-likeness (QED) is 0.150. The van der Waals surface area contributed by atoms with Crippen LogP contribution in [0.3, 0.4) is 0 Å². The number of allylic oxidation sites excluding steroid dienone is 1. The summed E-state index contributed by atoms with van der Waals surface area (Å²) < 4.78 is 7.14. The number of pyridine rings is 1. The van der Waals surface area contributed by atoms with Crippen LogP contribution < -0.4 is 0 Å². The van der Waals surface area contributed by atoms with Gasteiger partial charge in [0, 0.05) is 62.0 Å². The molecule has 67 heavy (non-hydrogen) atoms. The first kappa shape index (κ1) is 40.1. The average Bonchev–Trinajstić information content (AvgIpc) is 3.99. The van der Waals surface area contributed by atoms with Gasteiger partial charge < -0.3 is 13.7 Å². The third kappa shape index (κ3) is 6.40. The molecule has 4 heterocycles. The second-order valence-corrected chi connectivity index (χ2v) is 17.8. The lowest BCUT2D eigenvalue weighted by molar-refractivity contribution is 1.10. The Morgan fingerprint density at radius 1 is 0.418 bits per heavy atom. The fourth-order valence-electron chi connectivity index (χ4n) is 10.8. The Balaban J connectivity index is 1.02. The molecule has 0 aliphatic heterocycles. The van der Waals surface area contributed by atoms with Crippen LogP contribution >= 0.6 is 0 Å². The van der Waals surface area contributed by atoms with Crippen molar-refractivity contribution in [3.8, 4) is 50.4 Å². The highest BCUT2D eigenvalue weighted by molar-refractivity contribution is 6.10. The molecule has 0 saturated heterocycles. The van der Waals surface area contributed by atoms with Gasteiger partial charge in [-0.3, -0.25) is 4.98 Å². The summed E-state index contributed by atoms with van der Waals surface area (Å²) in [4.78, 5) is 4.49. The van der Waals surface area contributed by atoms with Gasteiger partial charge in [0.2, 0.25) is 0 Å². The summed E-state index contributed by atoms with van der Waals surface area (Å²) in [7, 11) is 0. The van der Waals surface area contributed by atoms with E-state index in [9.17, 15) is 0 Å². The molecule has 0 bridgehead atoms. The van der Waals surface area contributed by atoms with E-state index in [1.165, 1.54) is 93.7 Å². The van der Waals surface area contributed by atoms with Crippen LogP contribution in [0, 0.1) is 20.8 Å². The van der Waals surface area contributed by atoms with E-state index in [1.807, 2.05) is 18.5 Å². The van der Waals surface area contributed by atoms with Crippen molar-refractivity contribution in [3.05, 3.63) is 229 Å². The van der Waals surface area contributed by atoms with Crippen LogP contribution in [0.1, 0.15) is 34.9 Å². The van der Waals surface area contributed by atoms with Crippen molar-refractivity contribution < 1.29 is 0 Å². The van der Waals surface area contributed by atoms with Crippen LogP contribution in [-0.4, -0.2) is 18.7 Å². The van der Waals surface area contributed by atoms with E-state index in [4.69, 9.17) is 0 Å². The SMILES string of the molecule is C=Cc1c(/C=C\C)n(-c2ccc(-c3cc(-c4ccc(-n5c6ccccc6c6ccccc65)cc4C)cc(-c4ccc(-n5c6ccccc6c6cnccc65)cc4C)c3)c(C)c2)c2ccccc12. The summed E-state index contributed by atoms with van der Waals surface area (Å²) in [6, 6.07) is 64.7. The molecule has 0 saturated carbocycles. The van der Waals surface area contributed by atoms with E-state index in [2.05, 4.69) is 241 Å². The van der Waals surface area contributed by atoms with Gasteiger partial charge in [-0.1, -0.05) is 110 Å². The van der Waals surface area contributed by atoms with E-state index >= 15 is 0 Å². The zero-order valence-corrected chi connectivity index (χ0v) is 38.1. The van der Waals surface area contributed by atoms with Crippen LogP contribution in [0.5, 0.6) is 0 Å². The highest BCUT2D eigenvalue weighted by atomic mass is 15.0. The third-order valence-electron chi connectivity index (χ3n) is 13.8. The Hall–Kier alpha value is -8.47. The largest absolute Gasteiger partial charge is 0.309 e. The van der Waals surface area contributed by atoms with Gasteiger partial charge in [0.1, 0.15) is 0 Å². The predicted molar refractivity (Wildman–Crippen MR) is 285 cm³/mol. The molecule has 8 aromatic carbocycles. The van der Waals surface area contributed by atoms with Gasteiger partial charge in [0.05, 0.1) is 33.3 Å². The predicted octanol–water partition coefficient (Wildman–Crippen LogP) is 16.8. The van der Waals surface area contributed by atoms with Gasteiger partial charge >= 0.3 is 0 Å². The molecule has 0 aliphatic rings. The van der Waals surface area contributed by atoms with E-state index in [0.29, 0.717) is 0 Å². The lowest BCUT2D eigenvalue weighted by Crippen LogP contribution is -1.99. The minimum Gasteiger partial charge on any atom is -0.309 e. The minimum absolute atomic E-state index is 1.12. The molecule has 0 amide bonds. The molecule has 0 N–H and O–H groups in total. The van der Waals surface area contributed by atoms with E-state index in [1.54, 1.807) is 0 Å². The monoisotopic (exact) mass is 860 g/mol. The Morgan fingerprint density at radius 3 is 1.24 bits per heavy atom. The molecule has 0 aliphatic carbocycles. The second kappa shape index (κ2) is 15.9. The zero-order valence-electron chi connectivity index (χ0n) is 38.1. The number of aromatic nitrogens is 4. The number of hydrogen-bond acceptors (Lipinski definition) is 1. The number of hydrogen-bond donors (Lipinski definition) is 0. The number of para-hydroxylation sites is 4. The van der Waals surface area contributed by atoms with Gasteiger partial charge in [-0.25, -0.2) is 0 Å². The van der Waals surface area contributed by atoms with Crippen LogP contribution in [0.2, 0.25) is 0 Å². The third-order valence-corrected chi connectivity index (χ3v) is 13.8. The van der Waals surface area contributed by atoms with E-state index < -0.39 is 0 Å². The van der Waals surface area contributed by atoms with Gasteiger partial charge in [-0.05, 0) is 169 Å². The first-order valence-corrected chi connectivity index (χ1v) is 23.1. The molecule has 0 fully saturated rings. The fraction of sp³-hybridized carbons (Fsp3) is 0.0635. The van der Waals surface area contributed by atoms with E-state index in [0.717, 1.165) is 39.2 Å². The summed E-state index contributed by atoms with van der Waals surface area (Å²) in [6.07, 6.45) is 10.2. The van der Waals surface area contributed by atoms with Crippen molar-refractivity contribution in [2.45, 2.75) is 27.7 Å². The number of fused-ring (bicyclic) bond motifs is 7. The smallest absolute Gasteiger partial charge is 0.0571 e. The van der Waals surface area contributed by atoms with Crippen LogP contribution in [-0.2, 0) is 0 Å². The Morgan fingerprint density at radius 2 is 0.806 bits per heavy atom. The maximum atomic E-state index is 4.49. The highest BCUT2D eigenvalue weighted by Crippen LogP contribution is 2.41. The molecule has 4 aromatic heterocycles. The second-order valence-electron chi connectivity index (χ2n) is 17.8. The molecule has 12 aromatic rings. The normalized spacial score (nSPS) is 11.9. The molecular formula is C63H48N4. The number of nitrogens with zero attached hydrogens (tertiary/aromatic N) is 4. The van der Waals surface area contributed by atoms with Gasteiger partial charge in [-0.2, -0.15) is 0 Å². The van der Waals surface area contributed by atoms with Crippen molar-refractivity contribution in [1.82, 2.24) is 18.7 Å². The maximum absolute atomic E-state index is 4.49. The topological polar surface area (TPSA) is 27.7 Å². The number of rotatable bonds is 8. The first-order chi connectivity index (χ1) is 32.9. The molecule has 12 rings (SSSR count). The van der Waals surface area contributed by atoms with Gasteiger partial charge in [0.25, 0.3) is 0 Å². The van der Waals surface area contributed by atoms with Crippen LogP contribution in [0.15, 0.2) is 201 Å². The minimum atomic E-state index is 1.12. The van der Waals surface area contributed by atoms with Crippen molar-refractivity contribution in [2.75, 3.05) is 0 Å². The lowest BCUT2D eigenvalue weighted by Gasteiger charge is -2.18. The van der Waals surface area contributed by atoms with Crippen molar-refractivity contribution in [2.24, 2.45) is 0 Å². The summed E-state index contributed by atoms with van der Waals surface area (Å²) in [5.41, 5.74) is 22.4. The summed E-state index contributed by atoms with van der Waals surface area (Å²) in [6.45, 7) is 13.0. The van der Waals surface area contributed by atoms with Crippen molar-refractivity contribution in [3.63, 3.8) is 0 Å². The molecule has 4 nitrogen and oxygen atoms in total. The molecule has 0 spiro atoms. The lowest BCUT2D eigenvalue weighted by atomic mass is 9.89. The summed E-state index contributed by atoms with van der Waals surface area (Å²) in [5.74, 6) is 0. The Labute approximate surface area is 390 Å². The zero-order chi connectivity index (χ0) is 45.3. The van der Waals surface area contributed by atoms with E-state index in [-0.39, 0.29) is 0 Å². The molecule has 4 heteroatoms. The van der Waals surface area contributed by atoms with Crippen LogP contribution in [0.4, 0.5) is 0 Å². The standard InChI is InChI=1S/C63H48N4/c1-6-16-58-49(7-2)53-17-8-12-21-59(53)65(58)46-25-28-50(40(3)33-46)43-36-44(51-29-26-47(34-41(51)4)66-60-22-13-9-18-54(60)55-19-10-14-23-61(55)66)38-45(37-43)52-30-27-48(35-42(52)5)67-62-24-15-11-20-56(62)57-39-64-32-31-63(57)67/h6-39H,2H2,1,3-5H3/b16-6-. The number of benzene rings is 8. The Kier molecular flexibility index (Phi) is 9.51. The van der Waals surface area contributed by atoms with Crippen molar-refractivity contribution in [1.29, 1.82) is 0 Å². The molecule has 0 atom stereocenters. The summed E-state index contributed by atoms with van der Waals surface area (Å²) >= 11 is 0. The number of aryl methyl sites for hydroxylation is 3. The Bertz CT molecular complexity index is 3710. The van der Waals surface area contributed by atoms with Gasteiger partial charge in [0.15, 0.2) is 0 Å². The van der Waals surface area contributed by atoms with Crippen LogP contribution in [0.25, 0.3) is 117 Å². The highest BCUT2D eigenvalue weighted by Gasteiger charge is 2.19. The molecule has 0 radical (unpaired) electrons. The first-order valence-electron chi connectivity index (χ1n) is 23.1. The summed E-state index contributed by atoms with van der Waals surface area (Å²) in [5, 5.41) is 6.08. The molecule has 320 valence electrons. The molecular weight excluding hydrogens is 813 g/mol. The fourth-order valence-corrected chi connectivity index (χ4v) is 10.8. The average molecular weight is 861 g/mol.